The van der Waals surface area contributed by atoms with Gasteiger partial charge in [-0.05, 0) is 31.6 Å². The lowest BCUT2D eigenvalue weighted by Gasteiger charge is -2.23. The highest BCUT2D eigenvalue weighted by Crippen LogP contribution is 2.20. The Hall–Kier alpha value is -1.14. The largest absolute Gasteiger partial charge is 0.481 e. The molecular formula is C22H42O6. The van der Waals surface area contributed by atoms with Crippen LogP contribution < -0.4 is 0 Å². The summed E-state index contributed by atoms with van der Waals surface area (Å²) in [5.74, 6) is -0.541. The minimum atomic E-state index is -0.833. The first kappa shape index (κ1) is 26.9. The zero-order valence-corrected chi connectivity index (χ0v) is 18.2. The van der Waals surface area contributed by atoms with Crippen LogP contribution >= 0.6 is 0 Å². The van der Waals surface area contributed by atoms with Crippen LogP contribution in [0, 0.1) is 5.92 Å². The van der Waals surface area contributed by atoms with Gasteiger partial charge in [-0.1, -0.05) is 52.9 Å². The molecule has 166 valence electrons. The van der Waals surface area contributed by atoms with E-state index in [-0.39, 0.29) is 31.5 Å². The van der Waals surface area contributed by atoms with Crippen molar-refractivity contribution in [1.29, 1.82) is 0 Å². The van der Waals surface area contributed by atoms with Crippen LogP contribution in [0.3, 0.4) is 0 Å². The number of rotatable bonds is 20. The first-order valence-corrected chi connectivity index (χ1v) is 11.1. The van der Waals surface area contributed by atoms with Gasteiger partial charge in [0.15, 0.2) is 0 Å². The Morgan fingerprint density at radius 3 is 2.25 bits per heavy atom. The van der Waals surface area contributed by atoms with Crippen LogP contribution in [0.2, 0.25) is 0 Å². The smallest absolute Gasteiger partial charge is 0.305 e. The molecule has 0 saturated carbocycles. The second-order valence-corrected chi connectivity index (χ2v) is 7.39. The van der Waals surface area contributed by atoms with Crippen LogP contribution in [-0.4, -0.2) is 49.6 Å². The van der Waals surface area contributed by atoms with E-state index < -0.39 is 5.97 Å². The molecule has 0 heterocycles. The van der Waals surface area contributed by atoms with Gasteiger partial charge in [0, 0.05) is 19.4 Å². The normalized spacial score (nSPS) is 13.2. The molecule has 0 aliphatic rings. The number of hydrogen-bond donors (Lipinski definition) is 1. The highest BCUT2D eigenvalue weighted by Gasteiger charge is 2.18. The molecule has 6 nitrogen and oxygen atoms in total. The topological polar surface area (TPSA) is 82.1 Å². The van der Waals surface area contributed by atoms with Crippen molar-refractivity contribution in [1.82, 2.24) is 0 Å². The lowest BCUT2D eigenvalue weighted by Crippen LogP contribution is -2.26. The number of carboxylic acids is 1. The zero-order chi connectivity index (χ0) is 21.0. The second kappa shape index (κ2) is 19.2. The van der Waals surface area contributed by atoms with E-state index in [4.69, 9.17) is 19.3 Å². The van der Waals surface area contributed by atoms with Crippen molar-refractivity contribution in [3.63, 3.8) is 0 Å². The third-order valence-corrected chi connectivity index (χ3v) is 4.81. The van der Waals surface area contributed by atoms with Gasteiger partial charge in [0.25, 0.3) is 0 Å². The number of esters is 1. The first-order valence-electron chi connectivity index (χ1n) is 11.1. The lowest BCUT2D eigenvalue weighted by atomic mass is 9.93. The van der Waals surface area contributed by atoms with Crippen molar-refractivity contribution in [2.24, 2.45) is 5.92 Å². The highest BCUT2D eigenvalue weighted by atomic mass is 16.6. The van der Waals surface area contributed by atoms with Crippen LogP contribution in [0.1, 0.15) is 91.4 Å². The number of ether oxygens (including phenoxy) is 3. The summed E-state index contributed by atoms with van der Waals surface area (Å²) in [6, 6.07) is 0. The molecule has 2 unspecified atom stereocenters. The number of carboxylic acid groups (broad SMARTS) is 1. The highest BCUT2D eigenvalue weighted by molar-refractivity contribution is 5.69. The molecule has 0 aromatic heterocycles. The molecule has 2 atom stereocenters. The van der Waals surface area contributed by atoms with E-state index in [0.29, 0.717) is 32.0 Å². The maximum absolute atomic E-state index is 11.9. The van der Waals surface area contributed by atoms with Gasteiger partial charge in [-0.3, -0.25) is 9.59 Å². The van der Waals surface area contributed by atoms with E-state index in [1.54, 1.807) is 0 Å². The molecule has 0 rings (SSSR count). The fraction of sp³-hybridized carbons (Fsp3) is 0.909. The van der Waals surface area contributed by atoms with Crippen molar-refractivity contribution in [3.8, 4) is 0 Å². The molecular weight excluding hydrogens is 360 g/mol. The van der Waals surface area contributed by atoms with Gasteiger partial charge in [0.2, 0.25) is 0 Å². The van der Waals surface area contributed by atoms with E-state index in [0.717, 1.165) is 32.3 Å². The monoisotopic (exact) mass is 402 g/mol. The number of hydrogen-bond acceptors (Lipinski definition) is 5. The summed E-state index contributed by atoms with van der Waals surface area (Å²) in [6.07, 6.45) is 8.97. The molecule has 0 aromatic carbocycles. The molecule has 0 aliphatic carbocycles. The summed E-state index contributed by atoms with van der Waals surface area (Å²) in [5, 5.41) is 8.63. The summed E-state index contributed by atoms with van der Waals surface area (Å²) in [5.41, 5.74) is 0. The van der Waals surface area contributed by atoms with Gasteiger partial charge in [0.05, 0.1) is 19.3 Å². The zero-order valence-electron chi connectivity index (χ0n) is 18.2. The molecule has 1 N–H and O–H groups in total. The Bertz CT molecular complexity index is 385. The Balaban J connectivity index is 4.28. The summed E-state index contributed by atoms with van der Waals surface area (Å²) < 4.78 is 16.9. The standard InChI is InChI=1S/C22H42O6/c1-4-7-11-19(6-3)17-20(27-16-15-26-14-8-5-2)18-28-22(25)13-10-9-12-21(23)24/h19-20H,4-18H2,1-3H3,(H,23,24). The molecule has 0 bridgehead atoms. The van der Waals surface area contributed by atoms with Gasteiger partial charge >= 0.3 is 11.9 Å². The molecule has 0 aliphatic heterocycles. The van der Waals surface area contributed by atoms with E-state index in [1.807, 2.05) is 0 Å². The Labute approximate surface area is 171 Å². The SMILES string of the molecule is CCCCOCCOC(COC(=O)CCCCC(=O)O)CC(CC)CCCC. The van der Waals surface area contributed by atoms with Gasteiger partial charge < -0.3 is 19.3 Å². The quantitative estimate of drug-likeness (QED) is 0.228. The van der Waals surface area contributed by atoms with E-state index in [9.17, 15) is 9.59 Å². The molecule has 28 heavy (non-hydrogen) atoms. The lowest BCUT2D eigenvalue weighted by molar-refractivity contribution is -0.149. The first-order chi connectivity index (χ1) is 13.5. The van der Waals surface area contributed by atoms with Gasteiger partial charge in [0.1, 0.15) is 6.61 Å². The van der Waals surface area contributed by atoms with Crippen molar-refractivity contribution in [3.05, 3.63) is 0 Å². The van der Waals surface area contributed by atoms with Crippen LogP contribution in [0.25, 0.3) is 0 Å². The van der Waals surface area contributed by atoms with Gasteiger partial charge in [-0.25, -0.2) is 0 Å². The molecule has 0 saturated heterocycles. The minimum Gasteiger partial charge on any atom is -0.481 e. The van der Waals surface area contributed by atoms with Crippen molar-refractivity contribution < 1.29 is 28.9 Å². The number of aliphatic carboxylic acids is 1. The summed E-state index contributed by atoms with van der Waals surface area (Å²) in [4.78, 5) is 22.4. The maximum Gasteiger partial charge on any atom is 0.305 e. The molecule has 0 spiro atoms. The number of unbranched alkanes of at least 4 members (excludes halogenated alkanes) is 3. The van der Waals surface area contributed by atoms with Crippen molar-refractivity contribution in [2.75, 3.05) is 26.4 Å². The summed E-state index contributed by atoms with van der Waals surface area (Å²) in [7, 11) is 0. The van der Waals surface area contributed by atoms with Crippen LogP contribution in [-0.2, 0) is 23.8 Å². The fourth-order valence-corrected chi connectivity index (χ4v) is 2.96. The van der Waals surface area contributed by atoms with E-state index >= 15 is 0 Å². The van der Waals surface area contributed by atoms with Crippen molar-refractivity contribution in [2.45, 2.75) is 97.5 Å². The average molecular weight is 403 g/mol. The Kier molecular flexibility index (Phi) is 18.4. The number of carbonyl (C=O) groups is 2. The summed E-state index contributed by atoms with van der Waals surface area (Å²) >= 11 is 0. The maximum atomic E-state index is 11.9. The van der Waals surface area contributed by atoms with Crippen LogP contribution in [0.5, 0.6) is 0 Å². The van der Waals surface area contributed by atoms with Gasteiger partial charge in [-0.2, -0.15) is 0 Å². The minimum absolute atomic E-state index is 0.0899. The summed E-state index contributed by atoms with van der Waals surface area (Å²) in [6.45, 7) is 8.60. The van der Waals surface area contributed by atoms with Crippen molar-refractivity contribution >= 4 is 11.9 Å². The molecule has 6 heteroatoms. The second-order valence-electron chi connectivity index (χ2n) is 7.39. The molecule has 0 amide bonds. The average Bonchev–Trinajstić information content (AvgIpc) is 2.68. The molecule has 0 aromatic rings. The Morgan fingerprint density at radius 1 is 0.893 bits per heavy atom. The van der Waals surface area contributed by atoms with E-state index in [1.165, 1.54) is 19.3 Å². The van der Waals surface area contributed by atoms with E-state index in [2.05, 4.69) is 20.8 Å². The third kappa shape index (κ3) is 17.0. The molecule has 0 radical (unpaired) electrons. The Morgan fingerprint density at radius 2 is 1.61 bits per heavy atom. The van der Waals surface area contributed by atoms with Crippen LogP contribution in [0.4, 0.5) is 0 Å². The fourth-order valence-electron chi connectivity index (χ4n) is 2.96. The van der Waals surface area contributed by atoms with Gasteiger partial charge in [-0.15, -0.1) is 0 Å². The number of carbonyl (C=O) groups excluding carboxylic acids is 1. The predicted molar refractivity (Wildman–Crippen MR) is 110 cm³/mol. The molecule has 0 fully saturated rings. The third-order valence-electron chi connectivity index (χ3n) is 4.81. The predicted octanol–water partition coefficient (Wildman–Crippen LogP) is 4.98. The van der Waals surface area contributed by atoms with Crippen LogP contribution in [0.15, 0.2) is 0 Å².